The first-order valence-corrected chi connectivity index (χ1v) is 10.6. The number of ether oxygens (including phenoxy) is 1. The van der Waals surface area contributed by atoms with Crippen molar-refractivity contribution in [2.75, 3.05) is 25.0 Å². The molecule has 0 aromatic heterocycles. The summed E-state index contributed by atoms with van der Waals surface area (Å²) in [5.74, 6) is -0.537. The number of anilines is 1. The second-order valence-electron chi connectivity index (χ2n) is 7.53. The Balaban J connectivity index is 1.55. The molecule has 7 nitrogen and oxygen atoms in total. The fourth-order valence-corrected chi connectivity index (χ4v) is 3.13. The summed E-state index contributed by atoms with van der Waals surface area (Å²) in [5, 5.41) is 5.31. The minimum Gasteiger partial charge on any atom is -0.484 e. The Morgan fingerprint density at radius 2 is 1.55 bits per heavy atom. The topological polar surface area (TPSA) is 87.7 Å². The molecular weight excluding hydrogens is 418 g/mol. The lowest BCUT2D eigenvalue weighted by molar-refractivity contribution is -0.138. The first kappa shape index (κ1) is 23.5. The van der Waals surface area contributed by atoms with E-state index in [9.17, 15) is 14.4 Å². The average molecular weight is 446 g/mol. The van der Waals surface area contributed by atoms with Crippen LogP contribution in [0.5, 0.6) is 5.75 Å². The van der Waals surface area contributed by atoms with Crippen LogP contribution < -0.4 is 15.4 Å². The van der Waals surface area contributed by atoms with Crippen molar-refractivity contribution >= 4 is 23.4 Å². The van der Waals surface area contributed by atoms with Crippen LogP contribution in [0, 0.1) is 6.92 Å². The van der Waals surface area contributed by atoms with Crippen LogP contribution in [-0.4, -0.2) is 42.3 Å². The predicted octanol–water partition coefficient (Wildman–Crippen LogP) is 3.16. The molecule has 33 heavy (non-hydrogen) atoms. The zero-order valence-electron chi connectivity index (χ0n) is 18.5. The summed E-state index contributed by atoms with van der Waals surface area (Å²) in [7, 11) is 0. The van der Waals surface area contributed by atoms with E-state index in [1.165, 1.54) is 4.90 Å². The summed E-state index contributed by atoms with van der Waals surface area (Å²) < 4.78 is 5.56. The maximum atomic E-state index is 12.8. The van der Waals surface area contributed by atoms with Gasteiger partial charge in [0.2, 0.25) is 11.8 Å². The molecule has 0 atom stereocenters. The average Bonchev–Trinajstić information content (AvgIpc) is 2.82. The summed E-state index contributed by atoms with van der Waals surface area (Å²) in [4.78, 5) is 38.9. The molecule has 3 aromatic rings. The van der Waals surface area contributed by atoms with E-state index in [1.54, 1.807) is 18.2 Å². The van der Waals surface area contributed by atoms with Gasteiger partial charge in [-0.05, 0) is 42.3 Å². The van der Waals surface area contributed by atoms with Crippen molar-refractivity contribution in [2.24, 2.45) is 0 Å². The Labute approximate surface area is 193 Å². The molecule has 0 unspecified atom stereocenters. The van der Waals surface area contributed by atoms with Crippen LogP contribution in [-0.2, 0) is 20.9 Å². The molecule has 0 saturated heterocycles. The van der Waals surface area contributed by atoms with Crippen LogP contribution in [0.2, 0.25) is 0 Å². The third-order valence-corrected chi connectivity index (χ3v) is 4.76. The molecule has 0 aliphatic carbocycles. The van der Waals surface area contributed by atoms with Crippen LogP contribution in [0.25, 0.3) is 0 Å². The second-order valence-corrected chi connectivity index (χ2v) is 7.53. The van der Waals surface area contributed by atoms with Crippen LogP contribution in [0.15, 0.2) is 84.9 Å². The summed E-state index contributed by atoms with van der Waals surface area (Å²) in [6.07, 6.45) is 0. The molecule has 0 bridgehead atoms. The van der Waals surface area contributed by atoms with Crippen molar-refractivity contribution < 1.29 is 19.1 Å². The van der Waals surface area contributed by atoms with Gasteiger partial charge in [0, 0.05) is 12.2 Å². The molecule has 3 aromatic carbocycles. The Kier molecular flexibility index (Phi) is 8.59. The molecule has 0 radical (unpaired) electrons. The first-order chi connectivity index (χ1) is 16.0. The smallest absolute Gasteiger partial charge is 0.261 e. The monoisotopic (exact) mass is 445 g/mol. The van der Waals surface area contributed by atoms with Gasteiger partial charge < -0.3 is 20.3 Å². The number of benzene rings is 3. The van der Waals surface area contributed by atoms with Gasteiger partial charge in [-0.2, -0.15) is 0 Å². The van der Waals surface area contributed by atoms with Crippen molar-refractivity contribution in [3.05, 3.63) is 96.1 Å². The molecule has 3 rings (SSSR count). The minimum absolute atomic E-state index is 0.191. The first-order valence-electron chi connectivity index (χ1n) is 10.6. The fourth-order valence-electron chi connectivity index (χ4n) is 3.13. The lowest BCUT2D eigenvalue weighted by Gasteiger charge is -2.22. The van der Waals surface area contributed by atoms with Crippen LogP contribution in [0.3, 0.4) is 0 Å². The molecule has 3 amide bonds. The third-order valence-electron chi connectivity index (χ3n) is 4.76. The second kappa shape index (κ2) is 12.0. The predicted molar refractivity (Wildman–Crippen MR) is 127 cm³/mol. The van der Waals surface area contributed by atoms with Crippen molar-refractivity contribution in [3.8, 4) is 5.75 Å². The number of hydrogen-bond acceptors (Lipinski definition) is 4. The van der Waals surface area contributed by atoms with Crippen LogP contribution in [0.4, 0.5) is 5.69 Å². The Bertz CT molecular complexity index is 1070. The maximum Gasteiger partial charge on any atom is 0.261 e. The molecule has 170 valence electrons. The number of carbonyl (C=O) groups excluding carboxylic acids is 3. The zero-order chi connectivity index (χ0) is 23.5. The third kappa shape index (κ3) is 8.14. The quantitative estimate of drug-likeness (QED) is 0.502. The molecule has 0 saturated carbocycles. The molecular formula is C26H27N3O4. The number of amides is 3. The standard InChI is InChI=1S/C26H27N3O4/c1-20-9-8-12-22(15-20)28-24(30)16-27-25(31)18-29(17-21-10-4-2-5-11-21)26(32)19-33-23-13-6-3-7-14-23/h2-15H,16-19H2,1H3,(H,27,31)(H,28,30). The highest BCUT2D eigenvalue weighted by Gasteiger charge is 2.19. The van der Waals surface area contributed by atoms with Crippen molar-refractivity contribution in [2.45, 2.75) is 13.5 Å². The SMILES string of the molecule is Cc1cccc(NC(=O)CNC(=O)CN(Cc2ccccc2)C(=O)COc2ccccc2)c1. The molecule has 7 heteroatoms. The lowest BCUT2D eigenvalue weighted by Crippen LogP contribution is -2.44. The molecule has 0 fully saturated rings. The van der Waals surface area contributed by atoms with Crippen molar-refractivity contribution in [3.63, 3.8) is 0 Å². The van der Waals surface area contributed by atoms with Gasteiger partial charge in [-0.1, -0.05) is 60.7 Å². The lowest BCUT2D eigenvalue weighted by atomic mass is 10.2. The van der Waals surface area contributed by atoms with E-state index in [4.69, 9.17) is 4.74 Å². The van der Waals surface area contributed by atoms with E-state index in [0.717, 1.165) is 11.1 Å². The number of rotatable bonds is 10. The number of nitrogens with one attached hydrogen (secondary N) is 2. The van der Waals surface area contributed by atoms with Gasteiger partial charge in [-0.3, -0.25) is 14.4 Å². The fraction of sp³-hybridized carbons (Fsp3) is 0.192. The number of nitrogens with zero attached hydrogens (tertiary/aromatic N) is 1. The number of aryl methyl sites for hydroxylation is 1. The van der Waals surface area contributed by atoms with Gasteiger partial charge in [0.15, 0.2) is 6.61 Å². The van der Waals surface area contributed by atoms with Crippen molar-refractivity contribution in [1.29, 1.82) is 0 Å². The van der Waals surface area contributed by atoms with Crippen LogP contribution in [0.1, 0.15) is 11.1 Å². The van der Waals surface area contributed by atoms with Gasteiger partial charge in [0.25, 0.3) is 5.91 Å². The highest BCUT2D eigenvalue weighted by atomic mass is 16.5. The minimum atomic E-state index is -0.432. The molecule has 2 N–H and O–H groups in total. The van der Waals surface area contributed by atoms with E-state index >= 15 is 0 Å². The molecule has 0 aliphatic rings. The molecule has 0 heterocycles. The van der Waals surface area contributed by atoms with Crippen molar-refractivity contribution in [1.82, 2.24) is 10.2 Å². The Morgan fingerprint density at radius 3 is 2.24 bits per heavy atom. The number of hydrogen-bond donors (Lipinski definition) is 2. The van der Waals surface area contributed by atoms with E-state index in [1.807, 2.05) is 73.7 Å². The summed E-state index contributed by atoms with van der Waals surface area (Å²) in [6, 6.07) is 25.8. The van der Waals surface area contributed by atoms with Gasteiger partial charge in [-0.15, -0.1) is 0 Å². The van der Waals surface area contributed by atoms with Gasteiger partial charge in [0.1, 0.15) is 5.75 Å². The van der Waals surface area contributed by atoms with E-state index in [0.29, 0.717) is 11.4 Å². The van der Waals surface area contributed by atoms with Gasteiger partial charge >= 0.3 is 0 Å². The van der Waals surface area contributed by atoms with E-state index in [-0.39, 0.29) is 38.1 Å². The van der Waals surface area contributed by atoms with Gasteiger partial charge in [0.05, 0.1) is 13.1 Å². The Morgan fingerprint density at radius 1 is 0.848 bits per heavy atom. The van der Waals surface area contributed by atoms with Crippen LogP contribution >= 0.6 is 0 Å². The number of carbonyl (C=O) groups is 3. The zero-order valence-corrected chi connectivity index (χ0v) is 18.5. The highest BCUT2D eigenvalue weighted by molar-refractivity contribution is 5.95. The number of para-hydroxylation sites is 1. The molecule has 0 spiro atoms. The maximum absolute atomic E-state index is 12.8. The highest BCUT2D eigenvalue weighted by Crippen LogP contribution is 2.11. The summed E-state index contributed by atoms with van der Waals surface area (Å²) in [5.41, 5.74) is 2.56. The summed E-state index contributed by atoms with van der Waals surface area (Å²) in [6.45, 7) is 1.60. The van der Waals surface area contributed by atoms with Gasteiger partial charge in [-0.25, -0.2) is 0 Å². The van der Waals surface area contributed by atoms with E-state index in [2.05, 4.69) is 10.6 Å². The molecule has 0 aliphatic heterocycles. The summed E-state index contributed by atoms with van der Waals surface area (Å²) >= 11 is 0. The van der Waals surface area contributed by atoms with E-state index < -0.39 is 5.91 Å². The normalized spacial score (nSPS) is 10.2. The largest absolute Gasteiger partial charge is 0.484 e. The Hall–Kier alpha value is -4.13.